The lowest BCUT2D eigenvalue weighted by molar-refractivity contribution is -0.132. The number of amides is 1. The summed E-state index contributed by atoms with van der Waals surface area (Å²) in [6.45, 7) is 0. The van der Waals surface area contributed by atoms with E-state index in [1.54, 1.807) is 12.1 Å². The van der Waals surface area contributed by atoms with Crippen LogP contribution in [0.4, 0.5) is 13.9 Å². The van der Waals surface area contributed by atoms with Crippen LogP contribution < -0.4 is 19.1 Å². The van der Waals surface area contributed by atoms with Crippen LogP contribution in [-0.4, -0.2) is 43.1 Å². The molecule has 5 rings (SSSR count). The maximum Gasteiger partial charge on any atom is 0.301 e. The number of aromatic nitrogens is 1. The van der Waals surface area contributed by atoms with Gasteiger partial charge in [0.15, 0.2) is 16.6 Å². The summed E-state index contributed by atoms with van der Waals surface area (Å²) in [4.78, 5) is 32.4. The Bertz CT molecular complexity index is 1590. The molecular weight excluding hydrogens is 518 g/mol. The van der Waals surface area contributed by atoms with E-state index in [0.29, 0.717) is 15.8 Å². The molecule has 194 valence electrons. The molecule has 1 fully saturated rings. The van der Waals surface area contributed by atoms with Crippen molar-refractivity contribution in [1.82, 2.24) is 4.98 Å². The molecule has 1 saturated heterocycles. The largest absolute Gasteiger partial charge is 0.507 e. The van der Waals surface area contributed by atoms with E-state index in [1.807, 2.05) is 0 Å². The first-order valence-electron chi connectivity index (χ1n) is 11.2. The van der Waals surface area contributed by atoms with Crippen LogP contribution in [-0.2, 0) is 9.59 Å². The standard InChI is InChI=1S/C27H20F2N2O6S/c1-35-18-10-14(11-19(36-2)25(18)37-3)22-21(23(32)13-4-6-15(28)7-5-13)24(33)26(34)31(22)27-30-17-9-8-16(29)12-20(17)38-27/h4-12,22,32H,1-3H3. The number of rotatable bonds is 6. The first kappa shape index (κ1) is 25.2. The maximum absolute atomic E-state index is 13.9. The minimum absolute atomic E-state index is 0.115. The van der Waals surface area contributed by atoms with Crippen LogP contribution in [0, 0.1) is 11.6 Å². The van der Waals surface area contributed by atoms with Gasteiger partial charge in [0.2, 0.25) is 5.75 Å². The monoisotopic (exact) mass is 538 g/mol. The summed E-state index contributed by atoms with van der Waals surface area (Å²) in [5, 5.41) is 11.3. The van der Waals surface area contributed by atoms with Gasteiger partial charge in [-0.3, -0.25) is 14.5 Å². The lowest BCUT2D eigenvalue weighted by atomic mass is 9.94. The number of anilines is 1. The van der Waals surface area contributed by atoms with Crippen LogP contribution in [0.1, 0.15) is 17.2 Å². The molecule has 1 aliphatic heterocycles. The van der Waals surface area contributed by atoms with Crippen LogP contribution in [0.2, 0.25) is 0 Å². The number of hydrogen-bond acceptors (Lipinski definition) is 8. The normalized spacial score (nSPS) is 16.8. The average molecular weight is 539 g/mol. The predicted octanol–water partition coefficient (Wildman–Crippen LogP) is 5.23. The van der Waals surface area contributed by atoms with Crippen molar-refractivity contribution in [3.8, 4) is 17.2 Å². The second-order valence-corrected chi connectivity index (χ2v) is 9.25. The average Bonchev–Trinajstić information content (AvgIpc) is 3.45. The third kappa shape index (κ3) is 4.10. The van der Waals surface area contributed by atoms with Crippen molar-refractivity contribution in [2.24, 2.45) is 0 Å². The first-order valence-corrected chi connectivity index (χ1v) is 12.0. The molecule has 38 heavy (non-hydrogen) atoms. The highest BCUT2D eigenvalue weighted by Gasteiger charge is 2.48. The van der Waals surface area contributed by atoms with E-state index in [4.69, 9.17) is 14.2 Å². The van der Waals surface area contributed by atoms with Gasteiger partial charge >= 0.3 is 5.91 Å². The summed E-state index contributed by atoms with van der Waals surface area (Å²) in [6, 6.07) is 10.8. The van der Waals surface area contributed by atoms with E-state index in [1.165, 1.54) is 51.7 Å². The van der Waals surface area contributed by atoms with Crippen LogP contribution >= 0.6 is 11.3 Å². The quantitative estimate of drug-likeness (QED) is 0.204. The molecule has 0 spiro atoms. The van der Waals surface area contributed by atoms with Gasteiger partial charge in [-0.1, -0.05) is 11.3 Å². The van der Waals surface area contributed by atoms with Crippen LogP contribution in [0.25, 0.3) is 16.0 Å². The molecule has 8 nitrogen and oxygen atoms in total. The highest BCUT2D eigenvalue weighted by Crippen LogP contribution is 2.48. The maximum atomic E-state index is 13.9. The number of ketones is 1. The van der Waals surface area contributed by atoms with Gasteiger partial charge in [0.05, 0.1) is 43.2 Å². The molecule has 1 atom stereocenters. The van der Waals surface area contributed by atoms with Crippen molar-refractivity contribution in [2.75, 3.05) is 26.2 Å². The molecule has 0 bridgehead atoms. The lowest BCUT2D eigenvalue weighted by Crippen LogP contribution is -2.29. The molecule has 1 aromatic heterocycles. The number of carbonyl (C=O) groups excluding carboxylic acids is 2. The minimum Gasteiger partial charge on any atom is -0.507 e. The molecular formula is C27H20F2N2O6S. The smallest absolute Gasteiger partial charge is 0.301 e. The second-order valence-electron chi connectivity index (χ2n) is 8.24. The zero-order valence-electron chi connectivity index (χ0n) is 20.3. The summed E-state index contributed by atoms with van der Waals surface area (Å²) >= 11 is 1.01. The Morgan fingerprint density at radius 2 is 1.55 bits per heavy atom. The summed E-state index contributed by atoms with van der Waals surface area (Å²) < 4.78 is 44.2. The Morgan fingerprint density at radius 3 is 2.16 bits per heavy atom. The molecule has 0 aliphatic carbocycles. The molecule has 0 radical (unpaired) electrons. The fraction of sp³-hybridized carbons (Fsp3) is 0.148. The molecule has 1 amide bonds. The number of nitrogens with zero attached hydrogens (tertiary/aromatic N) is 2. The highest BCUT2D eigenvalue weighted by molar-refractivity contribution is 7.22. The third-order valence-electron chi connectivity index (χ3n) is 6.11. The second kappa shape index (κ2) is 9.75. The zero-order chi connectivity index (χ0) is 27.1. The van der Waals surface area contributed by atoms with Gasteiger partial charge in [0, 0.05) is 5.56 Å². The number of aliphatic hydroxyl groups is 1. The summed E-state index contributed by atoms with van der Waals surface area (Å²) in [5.74, 6) is -2.66. The number of halogens is 2. The van der Waals surface area contributed by atoms with Crippen LogP contribution in [0.5, 0.6) is 17.2 Å². The first-order chi connectivity index (χ1) is 18.3. The minimum atomic E-state index is -1.18. The van der Waals surface area contributed by atoms with Gasteiger partial charge < -0.3 is 19.3 Å². The van der Waals surface area contributed by atoms with Crippen LogP contribution in [0.15, 0.2) is 60.2 Å². The van der Waals surface area contributed by atoms with Crippen molar-refractivity contribution in [2.45, 2.75) is 6.04 Å². The number of benzene rings is 3. The topological polar surface area (TPSA) is 98.2 Å². The van der Waals surface area contributed by atoms with E-state index in [9.17, 15) is 23.5 Å². The molecule has 1 aliphatic rings. The van der Waals surface area contributed by atoms with Crippen molar-refractivity contribution in [1.29, 1.82) is 0 Å². The number of carbonyl (C=O) groups is 2. The molecule has 1 N–H and O–H groups in total. The molecule has 1 unspecified atom stereocenters. The van der Waals surface area contributed by atoms with Gasteiger partial charge in [-0.15, -0.1) is 0 Å². The Hall–Kier alpha value is -4.51. The number of Topliss-reactive ketones (excluding diaryl/α,β-unsaturated/α-hetero) is 1. The number of hydrogen-bond donors (Lipinski definition) is 1. The van der Waals surface area contributed by atoms with Crippen molar-refractivity contribution in [3.63, 3.8) is 0 Å². The Kier molecular flexibility index (Phi) is 6.45. The van der Waals surface area contributed by atoms with E-state index in [-0.39, 0.29) is 33.5 Å². The molecule has 2 heterocycles. The van der Waals surface area contributed by atoms with E-state index in [2.05, 4.69) is 4.98 Å². The van der Waals surface area contributed by atoms with E-state index >= 15 is 0 Å². The van der Waals surface area contributed by atoms with Gasteiger partial charge in [-0.2, -0.15) is 0 Å². The number of aliphatic hydroxyl groups excluding tert-OH is 1. The summed E-state index contributed by atoms with van der Waals surface area (Å²) in [7, 11) is 4.26. The van der Waals surface area contributed by atoms with Crippen LogP contribution in [0.3, 0.4) is 0 Å². The predicted molar refractivity (Wildman–Crippen MR) is 137 cm³/mol. The number of fused-ring (bicyclic) bond motifs is 1. The fourth-order valence-electron chi connectivity index (χ4n) is 4.36. The number of ether oxygens (including phenoxy) is 3. The number of methoxy groups -OCH3 is 3. The molecule has 11 heteroatoms. The summed E-state index contributed by atoms with van der Waals surface area (Å²) in [5.41, 5.74) is 0.651. The van der Waals surface area contributed by atoms with Crippen molar-refractivity contribution in [3.05, 3.63) is 82.9 Å². The SMILES string of the molecule is COc1cc(C2C(=C(O)c3ccc(F)cc3)C(=O)C(=O)N2c2nc3ccc(F)cc3s2)cc(OC)c1OC. The molecule has 3 aromatic carbocycles. The Labute approximate surface area is 219 Å². The Balaban J connectivity index is 1.78. The van der Waals surface area contributed by atoms with Gasteiger partial charge in [0.1, 0.15) is 17.4 Å². The zero-order valence-corrected chi connectivity index (χ0v) is 21.1. The van der Waals surface area contributed by atoms with Gasteiger partial charge in [-0.25, -0.2) is 13.8 Å². The summed E-state index contributed by atoms with van der Waals surface area (Å²) in [6.07, 6.45) is 0. The fourth-order valence-corrected chi connectivity index (χ4v) is 5.37. The van der Waals surface area contributed by atoms with Gasteiger partial charge in [-0.05, 0) is 60.2 Å². The lowest BCUT2D eigenvalue weighted by Gasteiger charge is -2.24. The van der Waals surface area contributed by atoms with Crippen molar-refractivity contribution >= 4 is 44.1 Å². The van der Waals surface area contributed by atoms with Crippen molar-refractivity contribution < 1.29 is 37.7 Å². The molecule has 4 aromatic rings. The highest BCUT2D eigenvalue weighted by atomic mass is 32.1. The number of thiazole rings is 1. The Morgan fingerprint density at radius 1 is 0.921 bits per heavy atom. The van der Waals surface area contributed by atoms with E-state index < -0.39 is 35.1 Å². The van der Waals surface area contributed by atoms with E-state index in [0.717, 1.165) is 28.4 Å². The van der Waals surface area contributed by atoms with Gasteiger partial charge in [0.25, 0.3) is 5.78 Å². The molecule has 0 saturated carbocycles. The third-order valence-corrected chi connectivity index (χ3v) is 7.13.